The van der Waals surface area contributed by atoms with E-state index in [1.54, 1.807) is 21.0 Å². The number of amides is 3. The van der Waals surface area contributed by atoms with Gasteiger partial charge in [-0.15, -0.1) is 0 Å². The first-order valence-electron chi connectivity index (χ1n) is 20.5. The summed E-state index contributed by atoms with van der Waals surface area (Å²) < 4.78 is 59.8. The van der Waals surface area contributed by atoms with E-state index in [2.05, 4.69) is 10.6 Å². The number of nitrogens with zero attached hydrogens (tertiary/aromatic N) is 2. The molecule has 0 saturated heterocycles. The number of hydrogen-bond donors (Lipinski definition) is 3. The first kappa shape index (κ1) is 54.3. The minimum atomic E-state index is -0.985. The average Bonchev–Trinajstić information content (AvgIpc) is 3.55. The van der Waals surface area contributed by atoms with Gasteiger partial charge in [0.2, 0.25) is 17.7 Å². The third kappa shape index (κ3) is 31.8. The van der Waals surface area contributed by atoms with Gasteiger partial charge in [0.15, 0.2) is 0 Å². The van der Waals surface area contributed by atoms with Crippen molar-refractivity contribution in [2.75, 3.05) is 179 Å². The number of rotatable bonds is 44. The number of aliphatic hydroxyl groups is 1. The zero-order valence-corrected chi connectivity index (χ0v) is 35.5. The number of carbonyl (C=O) groups is 4. The maximum atomic E-state index is 12.7. The van der Waals surface area contributed by atoms with Crippen molar-refractivity contribution in [3.05, 3.63) is 12.2 Å². The van der Waals surface area contributed by atoms with Gasteiger partial charge in [0.05, 0.1) is 145 Å². The Morgan fingerprint density at radius 1 is 0.678 bits per heavy atom. The Morgan fingerprint density at radius 3 is 1.44 bits per heavy atom. The molecule has 0 aromatic carbocycles. The molecule has 0 radical (unpaired) electrons. The molecule has 20 nitrogen and oxygen atoms in total. The molecule has 2 atom stereocenters. The van der Waals surface area contributed by atoms with Crippen molar-refractivity contribution in [2.24, 2.45) is 5.92 Å². The van der Waals surface area contributed by atoms with Gasteiger partial charge in [-0.25, -0.2) is 0 Å². The normalized spacial score (nSPS) is 14.5. The molecule has 344 valence electrons. The molecule has 0 bridgehead atoms. The summed E-state index contributed by atoms with van der Waals surface area (Å²) in [7, 11) is 1.64. The lowest BCUT2D eigenvalue weighted by Crippen LogP contribution is -2.50. The van der Waals surface area contributed by atoms with E-state index in [1.807, 2.05) is 4.90 Å². The Hall–Kier alpha value is -2.70. The lowest BCUT2D eigenvalue weighted by Gasteiger charge is -2.27. The van der Waals surface area contributed by atoms with E-state index in [0.717, 1.165) is 0 Å². The number of aldehydes is 1. The van der Waals surface area contributed by atoms with Crippen LogP contribution in [0.2, 0.25) is 0 Å². The van der Waals surface area contributed by atoms with Crippen LogP contribution < -0.4 is 10.6 Å². The summed E-state index contributed by atoms with van der Waals surface area (Å²) in [6.07, 6.45) is 2.44. The quantitative estimate of drug-likeness (QED) is 0.0477. The highest BCUT2D eigenvalue weighted by atomic mass is 16.6. The SMILES string of the molecule is COCCOCCOCCOCCOCCOCCOCCOCCOCCOCCOCCN(CCC(=O)NC(C(=O)NCC=O)C(C)C)CCN1C(=O)C=C[C@H]1O. The zero-order valence-electron chi connectivity index (χ0n) is 35.5. The van der Waals surface area contributed by atoms with Crippen molar-refractivity contribution >= 4 is 24.0 Å². The minimum absolute atomic E-state index is 0.0952. The summed E-state index contributed by atoms with van der Waals surface area (Å²) >= 11 is 0. The maximum absolute atomic E-state index is 12.7. The van der Waals surface area contributed by atoms with Crippen LogP contribution in [0.25, 0.3) is 0 Å². The molecule has 1 aliphatic heterocycles. The number of aliphatic hydroxyl groups excluding tert-OH is 1. The molecule has 1 heterocycles. The van der Waals surface area contributed by atoms with Crippen LogP contribution in [0, 0.1) is 5.92 Å². The van der Waals surface area contributed by atoms with Gasteiger partial charge in [0.25, 0.3) is 0 Å². The van der Waals surface area contributed by atoms with Gasteiger partial charge < -0.3 is 77.5 Å². The first-order valence-corrected chi connectivity index (χ1v) is 20.5. The molecule has 1 aliphatic rings. The molecule has 0 saturated carbocycles. The molecule has 1 rings (SSSR count). The topological polar surface area (TPSA) is 221 Å². The fraction of sp³-hybridized carbons (Fsp3) is 0.846. The number of ether oxygens (including phenoxy) is 11. The van der Waals surface area contributed by atoms with Crippen molar-refractivity contribution < 1.29 is 76.4 Å². The second kappa shape index (κ2) is 39.4. The molecule has 0 aromatic rings. The molecule has 1 unspecified atom stereocenters. The number of nitrogens with one attached hydrogen (secondary N) is 2. The Kier molecular flexibility index (Phi) is 36.3. The molecule has 20 heteroatoms. The smallest absolute Gasteiger partial charge is 0.248 e. The Balaban J connectivity index is 1.99. The maximum Gasteiger partial charge on any atom is 0.248 e. The van der Waals surface area contributed by atoms with E-state index >= 15 is 0 Å². The second-order valence-electron chi connectivity index (χ2n) is 13.2. The van der Waals surface area contributed by atoms with Crippen molar-refractivity contribution in [1.29, 1.82) is 0 Å². The predicted molar refractivity (Wildman–Crippen MR) is 214 cm³/mol. The van der Waals surface area contributed by atoms with E-state index in [9.17, 15) is 24.3 Å². The standard InChI is InChI=1S/C39H72N4O16/c1-34(2)38(39(48)40-7-12-44)41-35(45)6-8-42(9-10-43-36(46)4-5-37(43)47)11-13-50-16-17-52-20-21-54-24-25-56-28-29-58-32-33-59-31-30-57-27-26-55-23-22-53-19-18-51-15-14-49-3/h4-5,12,34,36,38,46H,6-11,13-33H2,1-3H3,(H,40,48)(H,41,45)/t36-,38?/m1/s1. The van der Waals surface area contributed by atoms with Gasteiger partial charge in [-0.05, 0) is 12.0 Å². The van der Waals surface area contributed by atoms with Gasteiger partial charge in [-0.2, -0.15) is 0 Å². The lowest BCUT2D eigenvalue weighted by molar-refractivity contribution is -0.131. The van der Waals surface area contributed by atoms with Crippen LogP contribution in [0.4, 0.5) is 0 Å². The number of hydrogen-bond acceptors (Lipinski definition) is 17. The Morgan fingerprint density at radius 2 is 1.08 bits per heavy atom. The van der Waals surface area contributed by atoms with E-state index < -0.39 is 18.2 Å². The van der Waals surface area contributed by atoms with Crippen LogP contribution in [-0.4, -0.2) is 230 Å². The number of carbonyl (C=O) groups excluding carboxylic acids is 4. The summed E-state index contributed by atoms with van der Waals surface area (Å²) in [5.74, 6) is -1.21. The van der Waals surface area contributed by atoms with Gasteiger partial charge >= 0.3 is 0 Å². The fourth-order valence-corrected chi connectivity index (χ4v) is 5.04. The fourth-order valence-electron chi connectivity index (χ4n) is 5.04. The molecular weight excluding hydrogens is 780 g/mol. The van der Waals surface area contributed by atoms with Crippen LogP contribution in [0.5, 0.6) is 0 Å². The molecule has 0 spiro atoms. The third-order valence-electron chi connectivity index (χ3n) is 8.28. The highest BCUT2D eigenvalue weighted by Crippen LogP contribution is 2.09. The lowest BCUT2D eigenvalue weighted by atomic mass is 10.0. The summed E-state index contributed by atoms with van der Waals surface area (Å²) in [5, 5.41) is 15.3. The van der Waals surface area contributed by atoms with Crippen LogP contribution in [-0.2, 0) is 71.3 Å². The highest BCUT2D eigenvalue weighted by molar-refractivity contribution is 5.90. The highest BCUT2D eigenvalue weighted by Gasteiger charge is 2.26. The van der Waals surface area contributed by atoms with Crippen LogP contribution in [0.1, 0.15) is 20.3 Å². The van der Waals surface area contributed by atoms with Crippen LogP contribution >= 0.6 is 0 Å². The second-order valence-corrected chi connectivity index (χ2v) is 13.2. The molecule has 0 aliphatic carbocycles. The first-order chi connectivity index (χ1) is 28.8. The molecular formula is C39H72N4O16. The molecule has 0 aromatic heterocycles. The van der Waals surface area contributed by atoms with E-state index in [1.165, 1.54) is 17.1 Å². The Labute approximate surface area is 349 Å². The van der Waals surface area contributed by atoms with Gasteiger partial charge in [0.1, 0.15) is 18.6 Å². The van der Waals surface area contributed by atoms with Crippen LogP contribution in [0.15, 0.2) is 12.2 Å². The van der Waals surface area contributed by atoms with Crippen LogP contribution in [0.3, 0.4) is 0 Å². The van der Waals surface area contributed by atoms with E-state index in [-0.39, 0.29) is 37.2 Å². The summed E-state index contributed by atoms with van der Waals surface area (Å²) in [5.41, 5.74) is 0. The third-order valence-corrected chi connectivity index (χ3v) is 8.28. The summed E-state index contributed by atoms with van der Waals surface area (Å²) in [6.45, 7) is 14.7. The largest absolute Gasteiger partial charge is 0.382 e. The van der Waals surface area contributed by atoms with Gasteiger partial charge in [-0.1, -0.05) is 13.8 Å². The molecule has 59 heavy (non-hydrogen) atoms. The average molecular weight is 853 g/mol. The monoisotopic (exact) mass is 852 g/mol. The number of methoxy groups -OCH3 is 1. The van der Waals surface area contributed by atoms with Crippen molar-refractivity contribution in [3.8, 4) is 0 Å². The van der Waals surface area contributed by atoms with E-state index in [4.69, 9.17) is 52.1 Å². The molecule has 0 fully saturated rings. The van der Waals surface area contributed by atoms with Crippen molar-refractivity contribution in [2.45, 2.75) is 32.5 Å². The van der Waals surface area contributed by atoms with Gasteiger partial charge in [-0.3, -0.25) is 19.3 Å². The molecule has 3 amide bonds. The van der Waals surface area contributed by atoms with Crippen molar-refractivity contribution in [1.82, 2.24) is 20.4 Å². The summed E-state index contributed by atoms with van der Waals surface area (Å²) in [6, 6.07) is -0.777. The predicted octanol–water partition coefficient (Wildman–Crippen LogP) is -1.34. The summed E-state index contributed by atoms with van der Waals surface area (Å²) in [4.78, 5) is 51.1. The zero-order chi connectivity index (χ0) is 43.0. The van der Waals surface area contributed by atoms with Crippen molar-refractivity contribution in [3.63, 3.8) is 0 Å². The molecule has 3 N–H and O–H groups in total. The van der Waals surface area contributed by atoms with E-state index in [0.29, 0.717) is 165 Å². The Bertz CT molecular complexity index is 1080. The van der Waals surface area contributed by atoms with Gasteiger partial charge in [0, 0.05) is 45.8 Å². The minimum Gasteiger partial charge on any atom is -0.382 e.